The van der Waals surface area contributed by atoms with Gasteiger partial charge in [0.2, 0.25) is 9.76 Å². The van der Waals surface area contributed by atoms with Gasteiger partial charge in [0, 0.05) is 13.2 Å². The molecule has 3 nitrogen and oxygen atoms in total. The highest BCUT2D eigenvalue weighted by atomic mass is 28.2. The van der Waals surface area contributed by atoms with Crippen molar-refractivity contribution in [1.29, 1.82) is 0 Å². The van der Waals surface area contributed by atoms with Crippen LogP contribution in [0.5, 0.6) is 0 Å². The van der Waals surface area contributed by atoms with Gasteiger partial charge in [-0.25, -0.2) is 0 Å². The Bertz CT molecular complexity index is 103. The molecule has 0 atom stereocenters. The van der Waals surface area contributed by atoms with E-state index in [1.54, 1.807) is 0 Å². The molecule has 13 heavy (non-hydrogen) atoms. The SMILES string of the molecule is CCOC(OCC)O[Si]CC(C)C. The second-order valence-corrected chi connectivity index (χ2v) is 3.99. The Kier molecular flexibility index (Phi) is 8.75. The van der Waals surface area contributed by atoms with E-state index >= 15 is 0 Å². The Morgan fingerprint density at radius 2 is 1.62 bits per heavy atom. The van der Waals surface area contributed by atoms with Gasteiger partial charge in [-0.1, -0.05) is 13.8 Å². The maximum atomic E-state index is 5.42. The molecule has 0 saturated heterocycles. The summed E-state index contributed by atoms with van der Waals surface area (Å²) in [4.78, 5) is 0. The summed E-state index contributed by atoms with van der Waals surface area (Å²) in [6.07, 6.45) is 0. The van der Waals surface area contributed by atoms with Crippen LogP contribution in [0.4, 0.5) is 0 Å². The molecule has 0 amide bonds. The molecule has 0 fully saturated rings. The highest BCUT2D eigenvalue weighted by Gasteiger charge is 2.08. The zero-order valence-electron chi connectivity index (χ0n) is 9.00. The largest absolute Gasteiger partial charge is 0.372 e. The third-order valence-corrected chi connectivity index (χ3v) is 2.62. The summed E-state index contributed by atoms with van der Waals surface area (Å²) in [5.41, 5.74) is 0. The Morgan fingerprint density at radius 3 is 2.00 bits per heavy atom. The molecule has 0 aliphatic rings. The van der Waals surface area contributed by atoms with Crippen LogP contribution in [-0.2, 0) is 13.9 Å². The molecule has 0 spiro atoms. The maximum absolute atomic E-state index is 5.42. The molecule has 0 aromatic carbocycles. The van der Waals surface area contributed by atoms with Gasteiger partial charge >= 0.3 is 0 Å². The lowest BCUT2D eigenvalue weighted by Gasteiger charge is -2.17. The summed E-state index contributed by atoms with van der Waals surface area (Å²) in [5, 5.41) is 0. The fraction of sp³-hybridized carbons (Fsp3) is 1.00. The third-order valence-electron chi connectivity index (χ3n) is 1.28. The average molecular weight is 204 g/mol. The van der Waals surface area contributed by atoms with Gasteiger partial charge in [0.1, 0.15) is 0 Å². The molecule has 0 saturated carbocycles. The van der Waals surface area contributed by atoms with Gasteiger partial charge in [-0.2, -0.15) is 0 Å². The van der Waals surface area contributed by atoms with Crippen molar-refractivity contribution in [3.05, 3.63) is 0 Å². The number of rotatable bonds is 8. The lowest BCUT2D eigenvalue weighted by molar-refractivity contribution is -0.243. The van der Waals surface area contributed by atoms with Crippen molar-refractivity contribution in [3.8, 4) is 0 Å². The predicted molar refractivity (Wildman–Crippen MR) is 53.5 cm³/mol. The molecule has 0 bridgehead atoms. The summed E-state index contributed by atoms with van der Waals surface area (Å²) in [6, 6.07) is 1.07. The van der Waals surface area contributed by atoms with E-state index < -0.39 is 6.48 Å². The topological polar surface area (TPSA) is 27.7 Å². The molecule has 0 unspecified atom stereocenters. The first kappa shape index (κ1) is 13.1. The van der Waals surface area contributed by atoms with E-state index in [1.807, 2.05) is 13.8 Å². The van der Waals surface area contributed by atoms with Crippen molar-refractivity contribution < 1.29 is 13.9 Å². The maximum Gasteiger partial charge on any atom is 0.261 e. The molecule has 0 aliphatic heterocycles. The third kappa shape index (κ3) is 8.43. The van der Waals surface area contributed by atoms with E-state index in [2.05, 4.69) is 13.8 Å². The van der Waals surface area contributed by atoms with Gasteiger partial charge in [-0.15, -0.1) is 0 Å². The van der Waals surface area contributed by atoms with E-state index in [4.69, 9.17) is 13.9 Å². The fourth-order valence-corrected chi connectivity index (χ4v) is 1.37. The normalized spacial score (nSPS) is 11.5. The number of hydrogen-bond donors (Lipinski definition) is 0. The van der Waals surface area contributed by atoms with E-state index in [1.165, 1.54) is 0 Å². The molecule has 0 aromatic rings. The van der Waals surface area contributed by atoms with Gasteiger partial charge in [-0.05, 0) is 25.8 Å². The van der Waals surface area contributed by atoms with Crippen molar-refractivity contribution in [3.63, 3.8) is 0 Å². The summed E-state index contributed by atoms with van der Waals surface area (Å²) < 4.78 is 15.9. The molecule has 0 heterocycles. The van der Waals surface area contributed by atoms with Crippen LogP contribution in [0.3, 0.4) is 0 Å². The van der Waals surface area contributed by atoms with E-state index in [9.17, 15) is 0 Å². The Balaban J connectivity index is 3.44. The van der Waals surface area contributed by atoms with Crippen LogP contribution in [0.15, 0.2) is 0 Å². The van der Waals surface area contributed by atoms with Crippen LogP contribution < -0.4 is 0 Å². The van der Waals surface area contributed by atoms with Gasteiger partial charge in [0.25, 0.3) is 6.48 Å². The fourth-order valence-electron chi connectivity index (χ4n) is 0.671. The second kappa shape index (κ2) is 8.68. The quantitative estimate of drug-likeness (QED) is 0.447. The van der Waals surface area contributed by atoms with Crippen LogP contribution >= 0.6 is 0 Å². The first-order valence-electron chi connectivity index (χ1n) is 4.82. The van der Waals surface area contributed by atoms with Crippen molar-refractivity contribution in [2.75, 3.05) is 13.2 Å². The number of hydrogen-bond acceptors (Lipinski definition) is 3. The highest BCUT2D eigenvalue weighted by Crippen LogP contribution is 2.02. The first-order chi connectivity index (χ1) is 6.20. The zero-order valence-corrected chi connectivity index (χ0v) is 10.0. The molecule has 0 aliphatic carbocycles. The minimum absolute atomic E-state index is 0.463. The van der Waals surface area contributed by atoms with Crippen LogP contribution in [0, 0.1) is 5.92 Å². The molecular formula is C9H20O3Si. The average Bonchev–Trinajstić information content (AvgIpc) is 2.04. The van der Waals surface area contributed by atoms with Crippen LogP contribution in [0.1, 0.15) is 27.7 Å². The minimum atomic E-state index is -0.466. The lowest BCUT2D eigenvalue weighted by atomic mass is 10.3. The van der Waals surface area contributed by atoms with Gasteiger partial charge in [0.15, 0.2) is 0 Å². The Morgan fingerprint density at radius 1 is 1.08 bits per heavy atom. The summed E-state index contributed by atoms with van der Waals surface area (Å²) in [7, 11) is 0.463. The smallest absolute Gasteiger partial charge is 0.261 e. The monoisotopic (exact) mass is 204 g/mol. The van der Waals surface area contributed by atoms with Crippen molar-refractivity contribution in [2.24, 2.45) is 5.92 Å². The second-order valence-electron chi connectivity index (χ2n) is 3.06. The minimum Gasteiger partial charge on any atom is -0.372 e. The van der Waals surface area contributed by atoms with Gasteiger partial charge in [-0.3, -0.25) is 0 Å². The molecule has 2 radical (unpaired) electrons. The van der Waals surface area contributed by atoms with Gasteiger partial charge < -0.3 is 13.9 Å². The molecule has 0 aromatic heterocycles. The molecule has 0 N–H and O–H groups in total. The van der Waals surface area contributed by atoms with Crippen LogP contribution in [-0.4, -0.2) is 29.5 Å². The van der Waals surface area contributed by atoms with E-state index in [0.29, 0.717) is 28.9 Å². The van der Waals surface area contributed by atoms with Crippen molar-refractivity contribution in [1.82, 2.24) is 0 Å². The number of ether oxygens (including phenoxy) is 2. The summed E-state index contributed by atoms with van der Waals surface area (Å²) in [5.74, 6) is 0.669. The first-order valence-corrected chi connectivity index (χ1v) is 5.93. The zero-order chi connectivity index (χ0) is 10.1. The standard InChI is InChI=1S/C9H20O3Si/c1-5-10-9(11-6-2)12-13-7-8(3)4/h8-9H,5-7H2,1-4H3. The molecular weight excluding hydrogens is 184 g/mol. The van der Waals surface area contributed by atoms with Crippen LogP contribution in [0.25, 0.3) is 0 Å². The molecule has 78 valence electrons. The van der Waals surface area contributed by atoms with Crippen molar-refractivity contribution in [2.45, 2.75) is 40.2 Å². The lowest BCUT2D eigenvalue weighted by Crippen LogP contribution is -2.23. The Hall–Kier alpha value is 0.0969. The van der Waals surface area contributed by atoms with E-state index in [0.717, 1.165) is 6.04 Å². The molecule has 4 heteroatoms. The van der Waals surface area contributed by atoms with Crippen LogP contribution in [0.2, 0.25) is 6.04 Å². The Labute approximate surface area is 83.7 Å². The summed E-state index contributed by atoms with van der Waals surface area (Å²) in [6.45, 7) is 8.99. The van der Waals surface area contributed by atoms with Gasteiger partial charge in [0.05, 0.1) is 0 Å². The highest BCUT2D eigenvalue weighted by molar-refractivity contribution is 6.27. The molecule has 0 rings (SSSR count). The van der Waals surface area contributed by atoms with Crippen molar-refractivity contribution >= 4 is 9.76 Å². The van der Waals surface area contributed by atoms with E-state index in [-0.39, 0.29) is 0 Å². The predicted octanol–water partition coefficient (Wildman–Crippen LogP) is 2.05. The summed E-state index contributed by atoms with van der Waals surface area (Å²) >= 11 is 0.